The number of hydrogen-bond acceptors (Lipinski definition) is 3. The number of nitrogens with two attached hydrogens (primary N) is 1. The Morgan fingerprint density at radius 2 is 2.33 bits per heavy atom. The molecule has 1 atom stereocenters. The minimum atomic E-state index is -0.616. The average molecular weight is 251 g/mol. The van der Waals surface area contributed by atoms with E-state index < -0.39 is 11.7 Å². The second-order valence-electron chi connectivity index (χ2n) is 4.59. The first kappa shape index (κ1) is 12.8. The molecule has 98 valence electrons. The topological polar surface area (TPSA) is 67.2 Å². The quantitative estimate of drug-likeness (QED) is 0.759. The van der Waals surface area contributed by atoms with Gasteiger partial charge in [0.15, 0.2) is 0 Å². The van der Waals surface area contributed by atoms with Crippen LogP contribution < -0.4 is 16.4 Å². The molecule has 1 fully saturated rings. The van der Waals surface area contributed by atoms with E-state index in [4.69, 9.17) is 5.73 Å². The molecule has 4 nitrogen and oxygen atoms in total. The number of primary amides is 1. The van der Waals surface area contributed by atoms with Gasteiger partial charge in [0, 0.05) is 18.2 Å². The smallest absolute Gasteiger partial charge is 0.248 e. The standard InChI is InChI=1S/C13H18FN3O/c14-11-7-9(13(15)18)4-5-12(11)17-8-10-3-1-2-6-16-10/h4-5,7,10,16-17H,1-3,6,8H2,(H2,15,18). The van der Waals surface area contributed by atoms with E-state index in [9.17, 15) is 9.18 Å². The normalized spacial score (nSPS) is 19.5. The van der Waals surface area contributed by atoms with E-state index >= 15 is 0 Å². The van der Waals surface area contributed by atoms with Gasteiger partial charge in [-0.05, 0) is 37.6 Å². The summed E-state index contributed by atoms with van der Waals surface area (Å²) >= 11 is 0. The average Bonchev–Trinajstić information content (AvgIpc) is 2.38. The Bertz CT molecular complexity index is 430. The van der Waals surface area contributed by atoms with E-state index in [0.717, 1.165) is 13.0 Å². The molecule has 0 bridgehead atoms. The number of hydrogen-bond donors (Lipinski definition) is 3. The van der Waals surface area contributed by atoms with Gasteiger partial charge in [0.05, 0.1) is 5.69 Å². The summed E-state index contributed by atoms with van der Waals surface area (Å²) in [4.78, 5) is 10.9. The molecule has 0 saturated carbocycles. The van der Waals surface area contributed by atoms with Crippen molar-refractivity contribution >= 4 is 11.6 Å². The van der Waals surface area contributed by atoms with Crippen LogP contribution in [0.5, 0.6) is 0 Å². The highest BCUT2D eigenvalue weighted by Gasteiger charge is 2.13. The number of carbonyl (C=O) groups is 1. The number of piperidine rings is 1. The zero-order chi connectivity index (χ0) is 13.0. The molecule has 18 heavy (non-hydrogen) atoms. The van der Waals surface area contributed by atoms with Crippen LogP contribution in [0.25, 0.3) is 0 Å². The van der Waals surface area contributed by atoms with Gasteiger partial charge in [-0.15, -0.1) is 0 Å². The third-order valence-electron chi connectivity index (χ3n) is 3.20. The van der Waals surface area contributed by atoms with Crippen LogP contribution in [0, 0.1) is 5.82 Å². The molecule has 1 unspecified atom stereocenters. The van der Waals surface area contributed by atoms with E-state index in [1.807, 2.05) is 0 Å². The molecule has 2 rings (SSSR count). The Labute approximate surface area is 106 Å². The van der Waals surface area contributed by atoms with Gasteiger partial charge in [-0.25, -0.2) is 4.39 Å². The van der Waals surface area contributed by atoms with Crippen molar-refractivity contribution in [3.8, 4) is 0 Å². The van der Waals surface area contributed by atoms with Crippen LogP contribution in [-0.2, 0) is 0 Å². The van der Waals surface area contributed by atoms with Crippen molar-refractivity contribution in [3.05, 3.63) is 29.6 Å². The van der Waals surface area contributed by atoms with Crippen molar-refractivity contribution in [2.24, 2.45) is 5.73 Å². The maximum atomic E-state index is 13.7. The molecule has 0 radical (unpaired) electrons. The summed E-state index contributed by atoms with van der Waals surface area (Å²) in [6, 6.07) is 4.63. The Morgan fingerprint density at radius 1 is 1.50 bits per heavy atom. The second kappa shape index (κ2) is 5.82. The monoisotopic (exact) mass is 251 g/mol. The van der Waals surface area contributed by atoms with Gasteiger partial charge in [0.1, 0.15) is 5.82 Å². The van der Waals surface area contributed by atoms with Gasteiger partial charge >= 0.3 is 0 Å². The lowest BCUT2D eigenvalue weighted by Crippen LogP contribution is -2.39. The molecule has 0 spiro atoms. The summed E-state index contributed by atoms with van der Waals surface area (Å²) in [6.07, 6.45) is 3.52. The number of halogens is 1. The largest absolute Gasteiger partial charge is 0.381 e. The minimum absolute atomic E-state index is 0.189. The minimum Gasteiger partial charge on any atom is -0.381 e. The van der Waals surface area contributed by atoms with Crippen LogP contribution >= 0.6 is 0 Å². The van der Waals surface area contributed by atoms with Crippen LogP contribution in [0.4, 0.5) is 10.1 Å². The SMILES string of the molecule is NC(=O)c1ccc(NCC2CCCCN2)c(F)c1. The van der Waals surface area contributed by atoms with Crippen LogP contribution in [0.2, 0.25) is 0 Å². The summed E-state index contributed by atoms with van der Waals surface area (Å²) in [5.74, 6) is -1.06. The van der Waals surface area contributed by atoms with Crippen molar-refractivity contribution in [1.29, 1.82) is 0 Å². The Balaban J connectivity index is 1.94. The predicted octanol–water partition coefficient (Wildman–Crippen LogP) is 1.48. The van der Waals surface area contributed by atoms with Crippen LogP contribution in [0.15, 0.2) is 18.2 Å². The lowest BCUT2D eigenvalue weighted by Gasteiger charge is -2.24. The Hall–Kier alpha value is -1.62. The predicted molar refractivity (Wildman–Crippen MR) is 69.0 cm³/mol. The molecular formula is C13H18FN3O. The summed E-state index contributed by atoms with van der Waals surface area (Å²) in [6.45, 7) is 1.71. The first-order valence-electron chi connectivity index (χ1n) is 6.23. The summed E-state index contributed by atoms with van der Waals surface area (Å²) < 4.78 is 13.7. The first-order chi connectivity index (χ1) is 8.66. The maximum Gasteiger partial charge on any atom is 0.248 e. The van der Waals surface area contributed by atoms with Crippen molar-refractivity contribution in [1.82, 2.24) is 5.32 Å². The lowest BCUT2D eigenvalue weighted by atomic mass is 10.0. The summed E-state index contributed by atoms with van der Waals surface area (Å²) in [5.41, 5.74) is 5.69. The van der Waals surface area contributed by atoms with Crippen LogP contribution in [-0.4, -0.2) is 25.0 Å². The fraction of sp³-hybridized carbons (Fsp3) is 0.462. The molecule has 1 saturated heterocycles. The van der Waals surface area contributed by atoms with E-state index in [-0.39, 0.29) is 5.56 Å². The maximum absolute atomic E-state index is 13.7. The van der Waals surface area contributed by atoms with Gasteiger partial charge in [-0.1, -0.05) is 6.42 Å². The molecule has 1 aliphatic heterocycles. The molecular weight excluding hydrogens is 233 g/mol. The van der Waals surface area contributed by atoms with Crippen LogP contribution in [0.1, 0.15) is 29.6 Å². The molecule has 1 aliphatic rings. The highest BCUT2D eigenvalue weighted by atomic mass is 19.1. The van der Waals surface area contributed by atoms with Gasteiger partial charge in [-0.3, -0.25) is 4.79 Å². The zero-order valence-corrected chi connectivity index (χ0v) is 10.2. The highest BCUT2D eigenvalue weighted by Crippen LogP contribution is 2.16. The molecule has 5 heteroatoms. The third-order valence-corrected chi connectivity index (χ3v) is 3.20. The zero-order valence-electron chi connectivity index (χ0n) is 10.2. The number of benzene rings is 1. The van der Waals surface area contributed by atoms with Gasteiger partial charge in [0.25, 0.3) is 0 Å². The number of nitrogens with one attached hydrogen (secondary N) is 2. The number of rotatable bonds is 4. The van der Waals surface area contributed by atoms with Crippen molar-refractivity contribution in [2.45, 2.75) is 25.3 Å². The summed E-state index contributed by atoms with van der Waals surface area (Å²) in [5, 5.41) is 6.44. The van der Waals surface area contributed by atoms with Gasteiger partial charge in [-0.2, -0.15) is 0 Å². The van der Waals surface area contributed by atoms with E-state index in [1.165, 1.54) is 25.0 Å². The Kier molecular flexibility index (Phi) is 4.15. The van der Waals surface area contributed by atoms with Crippen LogP contribution in [0.3, 0.4) is 0 Å². The molecule has 1 aromatic rings. The van der Waals surface area contributed by atoms with Gasteiger partial charge in [0.2, 0.25) is 5.91 Å². The van der Waals surface area contributed by atoms with Crippen molar-refractivity contribution in [2.75, 3.05) is 18.4 Å². The summed E-state index contributed by atoms with van der Waals surface area (Å²) in [7, 11) is 0. The molecule has 4 N–H and O–H groups in total. The van der Waals surface area contributed by atoms with E-state index in [1.54, 1.807) is 6.07 Å². The molecule has 0 aliphatic carbocycles. The number of amides is 1. The molecule has 1 aromatic carbocycles. The van der Waals surface area contributed by atoms with Gasteiger partial charge < -0.3 is 16.4 Å². The molecule has 1 heterocycles. The first-order valence-corrected chi connectivity index (χ1v) is 6.23. The fourth-order valence-electron chi connectivity index (χ4n) is 2.14. The third kappa shape index (κ3) is 3.20. The molecule has 1 amide bonds. The second-order valence-corrected chi connectivity index (χ2v) is 4.59. The fourth-order valence-corrected chi connectivity index (χ4v) is 2.14. The van der Waals surface area contributed by atoms with Crippen molar-refractivity contribution in [3.63, 3.8) is 0 Å². The Morgan fingerprint density at radius 3 is 2.94 bits per heavy atom. The lowest BCUT2D eigenvalue weighted by molar-refractivity contribution is 0.1000. The highest BCUT2D eigenvalue weighted by molar-refractivity contribution is 5.93. The van der Waals surface area contributed by atoms with E-state index in [0.29, 0.717) is 18.3 Å². The number of carbonyl (C=O) groups excluding carboxylic acids is 1. The number of anilines is 1. The molecule has 0 aromatic heterocycles. The van der Waals surface area contributed by atoms with E-state index in [2.05, 4.69) is 10.6 Å². The van der Waals surface area contributed by atoms with Crippen molar-refractivity contribution < 1.29 is 9.18 Å².